The van der Waals surface area contributed by atoms with E-state index in [0.29, 0.717) is 6.04 Å². The van der Waals surface area contributed by atoms with E-state index in [9.17, 15) is 0 Å². The maximum atomic E-state index is 5.48. The Balaban J connectivity index is 1.30. The van der Waals surface area contributed by atoms with E-state index >= 15 is 0 Å². The minimum Gasteiger partial charge on any atom is -0.378 e. The number of ether oxygens (including phenoxy) is 1. The summed E-state index contributed by atoms with van der Waals surface area (Å²) < 4.78 is 7.61. The first-order chi connectivity index (χ1) is 14.3. The molecule has 2 fully saturated rings. The van der Waals surface area contributed by atoms with Gasteiger partial charge in [-0.1, -0.05) is 24.3 Å². The summed E-state index contributed by atoms with van der Waals surface area (Å²) in [6, 6.07) is 9.08. The number of fused-ring (bicyclic) bond motifs is 1. The third kappa shape index (κ3) is 3.72. The molecule has 0 N–H and O–H groups in total. The van der Waals surface area contributed by atoms with Gasteiger partial charge in [0.05, 0.1) is 30.8 Å². The van der Waals surface area contributed by atoms with Crippen molar-refractivity contribution >= 4 is 16.9 Å². The van der Waals surface area contributed by atoms with E-state index in [-0.39, 0.29) is 0 Å². The van der Waals surface area contributed by atoms with Gasteiger partial charge in [0, 0.05) is 32.7 Å². The Morgan fingerprint density at radius 1 is 1.03 bits per heavy atom. The maximum absolute atomic E-state index is 5.48. The number of benzene rings is 1. The quantitative estimate of drug-likeness (QED) is 0.681. The van der Waals surface area contributed by atoms with Crippen molar-refractivity contribution in [2.45, 2.75) is 32.4 Å². The molecule has 7 nitrogen and oxygen atoms in total. The van der Waals surface area contributed by atoms with E-state index in [0.717, 1.165) is 75.6 Å². The van der Waals surface area contributed by atoms with Crippen LogP contribution in [0.5, 0.6) is 0 Å². The normalized spacial score (nSPS) is 19.1. The predicted molar refractivity (Wildman–Crippen MR) is 113 cm³/mol. The van der Waals surface area contributed by atoms with E-state index < -0.39 is 0 Å². The molecule has 0 saturated carbocycles. The molecule has 3 aromatic rings. The molecular weight excluding hydrogens is 364 g/mol. The molecule has 0 bridgehead atoms. The average Bonchev–Trinajstić information content (AvgIpc) is 3.21. The second-order valence-electron chi connectivity index (χ2n) is 8.06. The lowest BCUT2D eigenvalue weighted by molar-refractivity contribution is 0.122. The summed E-state index contributed by atoms with van der Waals surface area (Å²) in [7, 11) is 0. The van der Waals surface area contributed by atoms with Crippen LogP contribution in [-0.4, -0.2) is 64.0 Å². The van der Waals surface area contributed by atoms with Crippen LogP contribution in [0.4, 0.5) is 5.82 Å². The van der Waals surface area contributed by atoms with Crippen LogP contribution in [0.25, 0.3) is 11.0 Å². The molecule has 2 aliphatic rings. The number of hydrogen-bond donors (Lipinski definition) is 0. The van der Waals surface area contributed by atoms with Crippen LogP contribution in [-0.2, 0) is 11.3 Å². The van der Waals surface area contributed by atoms with Crippen molar-refractivity contribution in [1.29, 1.82) is 0 Å². The molecule has 1 aromatic carbocycles. The molecule has 0 radical (unpaired) electrons. The first kappa shape index (κ1) is 18.5. The molecule has 5 rings (SSSR count). The van der Waals surface area contributed by atoms with Gasteiger partial charge in [0.1, 0.15) is 12.1 Å². The zero-order chi connectivity index (χ0) is 19.6. The highest BCUT2D eigenvalue weighted by Gasteiger charge is 2.25. The number of hydrogen-bond acceptors (Lipinski definition) is 6. The molecule has 0 aliphatic carbocycles. The molecule has 29 heavy (non-hydrogen) atoms. The number of aromatic nitrogens is 4. The molecule has 0 spiro atoms. The van der Waals surface area contributed by atoms with Gasteiger partial charge in [0.2, 0.25) is 0 Å². The van der Waals surface area contributed by atoms with Crippen molar-refractivity contribution in [3.05, 3.63) is 47.9 Å². The summed E-state index contributed by atoms with van der Waals surface area (Å²) in [6.45, 7) is 8.64. The number of morpholine rings is 1. The van der Waals surface area contributed by atoms with E-state index in [1.807, 2.05) is 6.20 Å². The van der Waals surface area contributed by atoms with Crippen LogP contribution in [0.2, 0.25) is 0 Å². The van der Waals surface area contributed by atoms with Gasteiger partial charge in [-0.05, 0) is 30.9 Å². The van der Waals surface area contributed by atoms with Crippen LogP contribution < -0.4 is 4.90 Å². The zero-order valence-electron chi connectivity index (χ0n) is 17.0. The molecule has 7 heteroatoms. The molecular formula is C22H28N6O. The standard InChI is InChI=1S/C22H28N6O/c1-17-4-2-3-5-18(17)15-26-8-6-19(7-9-26)28-22-20(14-25-28)21(23-16-24-22)27-10-12-29-13-11-27/h2-5,14,16,19H,6-13,15H2,1H3. The summed E-state index contributed by atoms with van der Waals surface area (Å²) >= 11 is 0. The van der Waals surface area contributed by atoms with Gasteiger partial charge in [-0.25, -0.2) is 14.6 Å². The lowest BCUT2D eigenvalue weighted by Crippen LogP contribution is -2.37. The number of rotatable bonds is 4. The summed E-state index contributed by atoms with van der Waals surface area (Å²) in [5.41, 5.74) is 3.76. The molecule has 152 valence electrons. The SMILES string of the molecule is Cc1ccccc1CN1CCC(n2ncc3c(N4CCOCC4)ncnc32)CC1. The molecule has 0 unspecified atom stereocenters. The highest BCUT2D eigenvalue weighted by atomic mass is 16.5. The monoisotopic (exact) mass is 392 g/mol. The first-order valence-corrected chi connectivity index (χ1v) is 10.6. The third-order valence-corrected chi connectivity index (χ3v) is 6.24. The van der Waals surface area contributed by atoms with E-state index in [1.54, 1.807) is 6.33 Å². The van der Waals surface area contributed by atoms with Gasteiger partial charge < -0.3 is 9.64 Å². The number of piperidine rings is 1. The van der Waals surface area contributed by atoms with Gasteiger partial charge in [0.15, 0.2) is 5.65 Å². The van der Waals surface area contributed by atoms with Crippen LogP contribution in [0, 0.1) is 6.92 Å². The second-order valence-corrected chi connectivity index (χ2v) is 8.06. The summed E-state index contributed by atoms with van der Waals surface area (Å²) in [5, 5.41) is 5.79. The Morgan fingerprint density at radius 2 is 1.83 bits per heavy atom. The zero-order valence-corrected chi connectivity index (χ0v) is 17.0. The Bertz CT molecular complexity index is 972. The van der Waals surface area contributed by atoms with Crippen LogP contribution in [0.15, 0.2) is 36.8 Å². The van der Waals surface area contributed by atoms with Crippen molar-refractivity contribution in [2.75, 3.05) is 44.3 Å². The number of nitrogens with zero attached hydrogens (tertiary/aromatic N) is 6. The number of anilines is 1. The Labute approximate surface area is 171 Å². The highest BCUT2D eigenvalue weighted by molar-refractivity contribution is 5.86. The maximum Gasteiger partial charge on any atom is 0.163 e. The molecule has 2 saturated heterocycles. The van der Waals surface area contributed by atoms with Crippen molar-refractivity contribution in [2.24, 2.45) is 0 Å². The molecule has 4 heterocycles. The molecule has 2 aromatic heterocycles. The Kier molecular flexibility index (Phi) is 5.16. The summed E-state index contributed by atoms with van der Waals surface area (Å²) in [6.07, 6.45) is 5.82. The molecule has 0 amide bonds. The van der Waals surface area contributed by atoms with Crippen molar-refractivity contribution in [3.8, 4) is 0 Å². The largest absolute Gasteiger partial charge is 0.378 e. The van der Waals surface area contributed by atoms with Crippen LogP contribution in [0.3, 0.4) is 0 Å². The fourth-order valence-corrected chi connectivity index (χ4v) is 4.49. The fourth-order valence-electron chi connectivity index (χ4n) is 4.49. The topological polar surface area (TPSA) is 59.3 Å². The van der Waals surface area contributed by atoms with E-state index in [2.05, 4.69) is 55.6 Å². The van der Waals surface area contributed by atoms with Crippen molar-refractivity contribution in [3.63, 3.8) is 0 Å². The van der Waals surface area contributed by atoms with Crippen molar-refractivity contribution < 1.29 is 4.74 Å². The minimum atomic E-state index is 0.396. The van der Waals surface area contributed by atoms with E-state index in [4.69, 9.17) is 9.84 Å². The Morgan fingerprint density at radius 3 is 2.62 bits per heavy atom. The minimum absolute atomic E-state index is 0.396. The number of likely N-dealkylation sites (tertiary alicyclic amines) is 1. The average molecular weight is 393 g/mol. The van der Waals surface area contributed by atoms with Gasteiger partial charge in [-0.2, -0.15) is 5.10 Å². The van der Waals surface area contributed by atoms with Crippen LogP contribution in [0.1, 0.15) is 30.0 Å². The lowest BCUT2D eigenvalue weighted by Gasteiger charge is -2.32. The number of aryl methyl sites for hydroxylation is 1. The van der Waals surface area contributed by atoms with Crippen molar-refractivity contribution in [1.82, 2.24) is 24.6 Å². The fraction of sp³-hybridized carbons (Fsp3) is 0.500. The lowest BCUT2D eigenvalue weighted by atomic mass is 10.0. The summed E-state index contributed by atoms with van der Waals surface area (Å²) in [4.78, 5) is 14.0. The smallest absolute Gasteiger partial charge is 0.163 e. The molecule has 2 aliphatic heterocycles. The highest BCUT2D eigenvalue weighted by Crippen LogP contribution is 2.29. The van der Waals surface area contributed by atoms with Gasteiger partial charge in [-0.15, -0.1) is 0 Å². The molecule has 0 atom stereocenters. The van der Waals surface area contributed by atoms with Gasteiger partial charge in [-0.3, -0.25) is 4.90 Å². The van der Waals surface area contributed by atoms with Gasteiger partial charge >= 0.3 is 0 Å². The predicted octanol–water partition coefficient (Wildman–Crippen LogP) is 2.81. The second kappa shape index (κ2) is 8.08. The summed E-state index contributed by atoms with van der Waals surface area (Å²) in [5.74, 6) is 0.988. The van der Waals surface area contributed by atoms with Gasteiger partial charge in [0.25, 0.3) is 0 Å². The Hall–Kier alpha value is -2.51. The first-order valence-electron chi connectivity index (χ1n) is 10.6. The van der Waals surface area contributed by atoms with Crippen LogP contribution >= 0.6 is 0 Å². The third-order valence-electron chi connectivity index (χ3n) is 6.24. The van der Waals surface area contributed by atoms with E-state index in [1.165, 1.54) is 11.1 Å².